The lowest BCUT2D eigenvalue weighted by atomic mass is 9.99. The number of aliphatic hydroxyl groups is 5. The molecule has 1 saturated heterocycles. The van der Waals surface area contributed by atoms with Gasteiger partial charge < -0.3 is 40.3 Å². The van der Waals surface area contributed by atoms with Gasteiger partial charge in [-0.15, -0.1) is 0 Å². The van der Waals surface area contributed by atoms with Gasteiger partial charge in [0, 0.05) is 6.42 Å². The van der Waals surface area contributed by atoms with E-state index >= 15 is 0 Å². The highest BCUT2D eigenvalue weighted by molar-refractivity contribution is 5.76. The number of ether oxygens (including phenoxy) is 2. The molecule has 7 unspecified atom stereocenters. The van der Waals surface area contributed by atoms with Crippen molar-refractivity contribution in [1.82, 2.24) is 5.32 Å². The maximum atomic E-state index is 12.5. The summed E-state index contributed by atoms with van der Waals surface area (Å²) in [5.41, 5.74) is 0. The smallest absolute Gasteiger partial charge is 0.220 e. The van der Waals surface area contributed by atoms with Gasteiger partial charge in [-0.3, -0.25) is 4.79 Å². The van der Waals surface area contributed by atoms with Gasteiger partial charge in [0.25, 0.3) is 0 Å². The lowest BCUT2D eigenvalue weighted by Crippen LogP contribution is -2.60. The zero-order valence-electron chi connectivity index (χ0n) is 22.3. The number of carbonyl (C=O) groups excluding carboxylic acids is 1. The van der Waals surface area contributed by atoms with Gasteiger partial charge in [0.05, 0.1) is 25.4 Å². The van der Waals surface area contributed by atoms with Crippen LogP contribution in [0.2, 0.25) is 0 Å². The second-order valence-corrected chi connectivity index (χ2v) is 9.84. The summed E-state index contributed by atoms with van der Waals surface area (Å²) in [6.45, 7) is 3.57. The fourth-order valence-electron chi connectivity index (χ4n) is 4.21. The SMILES string of the molecule is CCCCCCCC/C=C/C(O)C(COC1OC(CO)C(O)C(O)C1O)NC(=O)CCCCCCC. The number of nitrogens with one attached hydrogen (secondary N) is 1. The van der Waals surface area contributed by atoms with Crippen molar-refractivity contribution in [3.05, 3.63) is 12.2 Å². The van der Waals surface area contributed by atoms with Crippen LogP contribution in [0, 0.1) is 0 Å². The zero-order valence-corrected chi connectivity index (χ0v) is 22.3. The molecule has 9 heteroatoms. The first-order valence-electron chi connectivity index (χ1n) is 13.9. The van der Waals surface area contributed by atoms with Crippen LogP contribution < -0.4 is 5.32 Å². The Bertz CT molecular complexity index is 588. The van der Waals surface area contributed by atoms with E-state index in [1.807, 2.05) is 6.08 Å². The highest BCUT2D eigenvalue weighted by Crippen LogP contribution is 2.22. The monoisotopic (exact) mass is 517 g/mol. The summed E-state index contributed by atoms with van der Waals surface area (Å²) in [5.74, 6) is -0.197. The van der Waals surface area contributed by atoms with E-state index in [2.05, 4.69) is 19.2 Å². The molecule has 1 aliphatic rings. The van der Waals surface area contributed by atoms with Gasteiger partial charge in [0.15, 0.2) is 6.29 Å². The Labute approximate surface area is 216 Å². The molecule has 0 aliphatic carbocycles. The molecule has 1 aliphatic heterocycles. The van der Waals surface area contributed by atoms with E-state index in [1.54, 1.807) is 6.08 Å². The molecule has 212 valence electrons. The summed E-state index contributed by atoms with van der Waals surface area (Å²) in [6.07, 6.45) is 8.86. The van der Waals surface area contributed by atoms with E-state index in [0.717, 1.165) is 51.4 Å². The van der Waals surface area contributed by atoms with Crippen LogP contribution in [0.15, 0.2) is 12.2 Å². The number of carbonyl (C=O) groups is 1. The third-order valence-electron chi connectivity index (χ3n) is 6.61. The van der Waals surface area contributed by atoms with Gasteiger partial charge in [-0.1, -0.05) is 83.8 Å². The van der Waals surface area contributed by atoms with Crippen molar-refractivity contribution < 1.29 is 39.8 Å². The second kappa shape index (κ2) is 20.0. The van der Waals surface area contributed by atoms with Gasteiger partial charge in [0.2, 0.25) is 5.91 Å². The Morgan fingerprint density at radius 1 is 0.917 bits per heavy atom. The minimum Gasteiger partial charge on any atom is -0.394 e. The molecule has 0 aromatic heterocycles. The van der Waals surface area contributed by atoms with Gasteiger partial charge in [-0.2, -0.15) is 0 Å². The number of unbranched alkanes of at least 4 members (excludes halogenated alkanes) is 10. The standard InChI is InChI=1S/C27H51NO8/c1-3-5-7-9-10-11-13-14-16-21(30)20(28-23(31)17-15-12-8-6-4-2)19-35-27-26(34)25(33)24(32)22(18-29)36-27/h14,16,20-22,24-27,29-30,32-34H,3-13,15,17-19H2,1-2H3,(H,28,31)/b16-14+. The van der Waals surface area contributed by atoms with E-state index in [-0.39, 0.29) is 12.5 Å². The Morgan fingerprint density at radius 3 is 2.17 bits per heavy atom. The Morgan fingerprint density at radius 2 is 1.53 bits per heavy atom. The average molecular weight is 518 g/mol. The summed E-state index contributed by atoms with van der Waals surface area (Å²) in [7, 11) is 0. The molecule has 1 fully saturated rings. The van der Waals surface area contributed by atoms with E-state index < -0.39 is 49.5 Å². The normalized spacial score (nSPS) is 26.2. The van der Waals surface area contributed by atoms with Crippen molar-refractivity contribution in [2.24, 2.45) is 0 Å². The maximum absolute atomic E-state index is 12.5. The number of rotatable bonds is 20. The summed E-state index contributed by atoms with van der Waals surface area (Å²) in [6, 6.07) is -0.790. The van der Waals surface area contributed by atoms with Crippen molar-refractivity contribution in [2.45, 2.75) is 140 Å². The highest BCUT2D eigenvalue weighted by atomic mass is 16.7. The Kier molecular flexibility index (Phi) is 18.3. The third-order valence-corrected chi connectivity index (χ3v) is 6.61. The summed E-state index contributed by atoms with van der Waals surface area (Å²) in [5, 5.41) is 53.1. The average Bonchev–Trinajstić information content (AvgIpc) is 2.87. The van der Waals surface area contributed by atoms with Crippen LogP contribution in [0.4, 0.5) is 0 Å². The molecule has 0 aromatic carbocycles. The molecule has 0 aromatic rings. The number of hydrogen-bond donors (Lipinski definition) is 6. The van der Waals surface area contributed by atoms with Crippen molar-refractivity contribution in [3.63, 3.8) is 0 Å². The molecule has 1 rings (SSSR count). The summed E-state index contributed by atoms with van der Waals surface area (Å²) < 4.78 is 11.0. The van der Waals surface area contributed by atoms with Crippen LogP contribution in [-0.2, 0) is 14.3 Å². The van der Waals surface area contributed by atoms with Crippen molar-refractivity contribution in [2.75, 3.05) is 13.2 Å². The first-order valence-corrected chi connectivity index (χ1v) is 13.9. The topological polar surface area (TPSA) is 149 Å². The number of aliphatic hydroxyl groups excluding tert-OH is 5. The van der Waals surface area contributed by atoms with Crippen LogP contribution in [-0.4, -0.2) is 87.5 Å². The first-order chi connectivity index (χ1) is 17.3. The van der Waals surface area contributed by atoms with Gasteiger partial charge in [0.1, 0.15) is 24.4 Å². The predicted octanol–water partition coefficient (Wildman–Crippen LogP) is 2.32. The molecule has 0 radical (unpaired) electrons. The maximum Gasteiger partial charge on any atom is 0.220 e. The lowest BCUT2D eigenvalue weighted by molar-refractivity contribution is -0.302. The van der Waals surface area contributed by atoms with Crippen LogP contribution in [0.5, 0.6) is 0 Å². The zero-order chi connectivity index (χ0) is 26.8. The quantitative estimate of drug-likeness (QED) is 0.106. The molecule has 0 spiro atoms. The van der Waals surface area contributed by atoms with Crippen molar-refractivity contribution >= 4 is 5.91 Å². The molecule has 1 heterocycles. The van der Waals surface area contributed by atoms with E-state index in [9.17, 15) is 30.3 Å². The van der Waals surface area contributed by atoms with Crippen molar-refractivity contribution in [3.8, 4) is 0 Å². The molecule has 0 saturated carbocycles. The number of allylic oxidation sites excluding steroid dienone is 1. The third kappa shape index (κ3) is 12.9. The molecular formula is C27H51NO8. The lowest BCUT2D eigenvalue weighted by Gasteiger charge is -2.40. The predicted molar refractivity (Wildman–Crippen MR) is 138 cm³/mol. The molecule has 0 bridgehead atoms. The van der Waals surface area contributed by atoms with Crippen LogP contribution >= 0.6 is 0 Å². The molecule has 9 nitrogen and oxygen atoms in total. The molecule has 1 amide bonds. The summed E-state index contributed by atoms with van der Waals surface area (Å²) >= 11 is 0. The summed E-state index contributed by atoms with van der Waals surface area (Å²) in [4.78, 5) is 12.5. The fourth-order valence-corrected chi connectivity index (χ4v) is 4.21. The second-order valence-electron chi connectivity index (χ2n) is 9.84. The van der Waals surface area contributed by atoms with Gasteiger partial charge in [-0.05, 0) is 19.3 Å². The largest absolute Gasteiger partial charge is 0.394 e. The molecule has 6 N–H and O–H groups in total. The first kappa shape index (κ1) is 33.0. The minimum atomic E-state index is -1.56. The highest BCUT2D eigenvalue weighted by Gasteiger charge is 2.44. The van der Waals surface area contributed by atoms with Crippen LogP contribution in [0.25, 0.3) is 0 Å². The molecule has 36 heavy (non-hydrogen) atoms. The van der Waals surface area contributed by atoms with Crippen LogP contribution in [0.1, 0.15) is 97.3 Å². The number of hydrogen-bond acceptors (Lipinski definition) is 8. The molecular weight excluding hydrogens is 466 g/mol. The van der Waals surface area contributed by atoms with E-state index in [4.69, 9.17) is 9.47 Å². The Balaban J connectivity index is 2.64. The van der Waals surface area contributed by atoms with Gasteiger partial charge >= 0.3 is 0 Å². The van der Waals surface area contributed by atoms with Crippen LogP contribution in [0.3, 0.4) is 0 Å². The van der Waals surface area contributed by atoms with Crippen molar-refractivity contribution in [1.29, 1.82) is 0 Å². The van der Waals surface area contributed by atoms with Gasteiger partial charge in [-0.25, -0.2) is 0 Å². The van der Waals surface area contributed by atoms with E-state index in [1.165, 1.54) is 25.7 Å². The molecule has 7 atom stereocenters. The Hall–Kier alpha value is -1.07. The van der Waals surface area contributed by atoms with E-state index in [0.29, 0.717) is 6.42 Å². The minimum absolute atomic E-state index is 0.188. The fraction of sp³-hybridized carbons (Fsp3) is 0.889. The number of amides is 1.